The predicted molar refractivity (Wildman–Crippen MR) is 80.4 cm³/mol. The van der Waals surface area contributed by atoms with E-state index in [9.17, 15) is 14.9 Å². The van der Waals surface area contributed by atoms with E-state index in [1.165, 1.54) is 6.07 Å². The Morgan fingerprint density at radius 3 is 2.75 bits per heavy atom. The molecular formula is C13H18BrN3O3. The standard InChI is InChI=1S/C13H18BrN3O3/c1-4-16(3)13(18)9(2)15-8-10-5-6-11(14)7-12(10)17(19)20/h5-7,9,15H,4,8H2,1-3H3. The predicted octanol–water partition coefficient (Wildman–Crippen LogP) is 2.31. The Kier molecular flexibility index (Phi) is 6.09. The zero-order chi connectivity index (χ0) is 15.3. The fourth-order valence-electron chi connectivity index (χ4n) is 1.69. The zero-order valence-corrected chi connectivity index (χ0v) is 13.3. The molecule has 1 aromatic rings. The van der Waals surface area contributed by atoms with Gasteiger partial charge in [0.25, 0.3) is 5.69 Å². The average molecular weight is 344 g/mol. The first-order chi connectivity index (χ1) is 9.36. The van der Waals surface area contributed by atoms with Crippen LogP contribution >= 0.6 is 15.9 Å². The molecule has 0 heterocycles. The lowest BCUT2D eigenvalue weighted by Crippen LogP contribution is -2.42. The van der Waals surface area contributed by atoms with Crippen molar-refractivity contribution in [2.45, 2.75) is 26.4 Å². The Bertz CT molecular complexity index is 508. The molecule has 0 aliphatic heterocycles. The van der Waals surface area contributed by atoms with Gasteiger partial charge in [-0.05, 0) is 26.0 Å². The van der Waals surface area contributed by atoms with Crippen molar-refractivity contribution in [1.29, 1.82) is 0 Å². The van der Waals surface area contributed by atoms with Crippen LogP contribution in [0.25, 0.3) is 0 Å². The molecule has 1 unspecified atom stereocenters. The Hall–Kier alpha value is -1.47. The van der Waals surface area contributed by atoms with E-state index in [4.69, 9.17) is 0 Å². The van der Waals surface area contributed by atoms with E-state index in [2.05, 4.69) is 21.2 Å². The van der Waals surface area contributed by atoms with Gasteiger partial charge in [0, 0.05) is 36.2 Å². The topological polar surface area (TPSA) is 75.5 Å². The highest BCUT2D eigenvalue weighted by molar-refractivity contribution is 9.10. The second-order valence-corrected chi connectivity index (χ2v) is 5.40. The van der Waals surface area contributed by atoms with Crippen molar-refractivity contribution in [3.05, 3.63) is 38.3 Å². The highest BCUT2D eigenvalue weighted by Crippen LogP contribution is 2.23. The van der Waals surface area contributed by atoms with Gasteiger partial charge in [-0.2, -0.15) is 0 Å². The summed E-state index contributed by atoms with van der Waals surface area (Å²) in [6.45, 7) is 4.54. The van der Waals surface area contributed by atoms with Gasteiger partial charge in [0.2, 0.25) is 5.91 Å². The van der Waals surface area contributed by atoms with E-state index in [0.717, 1.165) is 0 Å². The van der Waals surface area contributed by atoms with Crippen LogP contribution in [0.4, 0.5) is 5.69 Å². The van der Waals surface area contributed by atoms with Crippen molar-refractivity contribution in [3.63, 3.8) is 0 Å². The molecule has 0 aliphatic carbocycles. The first-order valence-electron chi connectivity index (χ1n) is 6.28. The molecule has 6 nitrogen and oxygen atoms in total. The molecule has 0 spiro atoms. The van der Waals surface area contributed by atoms with Gasteiger partial charge >= 0.3 is 0 Å². The molecule has 20 heavy (non-hydrogen) atoms. The van der Waals surface area contributed by atoms with Crippen molar-refractivity contribution < 1.29 is 9.72 Å². The first-order valence-corrected chi connectivity index (χ1v) is 7.07. The van der Waals surface area contributed by atoms with Gasteiger partial charge in [0.15, 0.2) is 0 Å². The van der Waals surface area contributed by atoms with Crippen molar-refractivity contribution in [2.24, 2.45) is 0 Å². The maximum Gasteiger partial charge on any atom is 0.275 e. The highest BCUT2D eigenvalue weighted by atomic mass is 79.9. The molecule has 0 aromatic heterocycles. The van der Waals surface area contributed by atoms with Crippen LogP contribution < -0.4 is 5.32 Å². The Morgan fingerprint density at radius 2 is 2.20 bits per heavy atom. The van der Waals surface area contributed by atoms with Crippen molar-refractivity contribution >= 4 is 27.5 Å². The molecule has 1 N–H and O–H groups in total. The molecule has 0 fully saturated rings. The Morgan fingerprint density at radius 1 is 1.55 bits per heavy atom. The summed E-state index contributed by atoms with van der Waals surface area (Å²) >= 11 is 3.21. The Balaban J connectivity index is 2.75. The summed E-state index contributed by atoms with van der Waals surface area (Å²) in [7, 11) is 1.72. The van der Waals surface area contributed by atoms with Gasteiger partial charge in [0.1, 0.15) is 0 Å². The minimum atomic E-state index is -0.424. The van der Waals surface area contributed by atoms with Crippen LogP contribution in [0.1, 0.15) is 19.4 Å². The molecule has 1 aromatic carbocycles. The molecule has 7 heteroatoms. The van der Waals surface area contributed by atoms with Crippen LogP contribution in [0, 0.1) is 10.1 Å². The SMILES string of the molecule is CCN(C)C(=O)C(C)NCc1ccc(Br)cc1[N+](=O)[O-]. The van der Waals surface area contributed by atoms with Gasteiger partial charge < -0.3 is 10.2 Å². The van der Waals surface area contributed by atoms with E-state index in [1.807, 2.05) is 6.92 Å². The van der Waals surface area contributed by atoms with Crippen LogP contribution in [-0.2, 0) is 11.3 Å². The molecule has 0 bridgehead atoms. The number of nitro benzene ring substituents is 1. The third-order valence-corrected chi connectivity index (χ3v) is 3.56. The van der Waals surface area contributed by atoms with Crippen LogP contribution in [0.3, 0.4) is 0 Å². The lowest BCUT2D eigenvalue weighted by molar-refractivity contribution is -0.385. The quantitative estimate of drug-likeness (QED) is 0.635. The number of halogens is 1. The largest absolute Gasteiger partial charge is 0.345 e. The van der Waals surface area contributed by atoms with E-state index >= 15 is 0 Å². The summed E-state index contributed by atoms with van der Waals surface area (Å²) in [4.78, 5) is 24.1. The lowest BCUT2D eigenvalue weighted by atomic mass is 10.1. The third-order valence-electron chi connectivity index (χ3n) is 3.06. The van der Waals surface area contributed by atoms with Gasteiger partial charge in [-0.25, -0.2) is 0 Å². The number of nitro groups is 1. The molecule has 0 aliphatic rings. The fourth-order valence-corrected chi connectivity index (χ4v) is 2.04. The van der Waals surface area contributed by atoms with E-state index in [0.29, 0.717) is 16.6 Å². The smallest absolute Gasteiger partial charge is 0.275 e. The van der Waals surface area contributed by atoms with Crippen LogP contribution in [0.5, 0.6) is 0 Å². The molecule has 110 valence electrons. The third kappa shape index (κ3) is 4.28. The van der Waals surface area contributed by atoms with Gasteiger partial charge in [-0.3, -0.25) is 14.9 Å². The number of amides is 1. The number of hydrogen-bond donors (Lipinski definition) is 1. The number of nitrogens with zero attached hydrogens (tertiary/aromatic N) is 2. The van der Waals surface area contributed by atoms with E-state index < -0.39 is 4.92 Å². The number of carbonyl (C=O) groups excluding carboxylic acids is 1. The summed E-state index contributed by atoms with van der Waals surface area (Å²) in [6, 6.07) is 4.50. The highest BCUT2D eigenvalue weighted by Gasteiger charge is 2.18. The number of nitrogens with one attached hydrogen (secondary N) is 1. The molecular weight excluding hydrogens is 326 g/mol. The number of rotatable bonds is 6. The van der Waals surface area contributed by atoms with Gasteiger partial charge in [0.05, 0.1) is 11.0 Å². The number of carbonyl (C=O) groups is 1. The minimum Gasteiger partial charge on any atom is -0.345 e. The summed E-state index contributed by atoms with van der Waals surface area (Å²) in [6.07, 6.45) is 0. The average Bonchev–Trinajstić information content (AvgIpc) is 2.43. The van der Waals surface area contributed by atoms with Crippen molar-refractivity contribution in [1.82, 2.24) is 10.2 Å². The normalized spacial score (nSPS) is 12.0. The summed E-state index contributed by atoms with van der Waals surface area (Å²) < 4.78 is 0.655. The number of benzene rings is 1. The van der Waals surface area contributed by atoms with Crippen molar-refractivity contribution in [2.75, 3.05) is 13.6 Å². The van der Waals surface area contributed by atoms with Crippen molar-refractivity contribution in [3.8, 4) is 0 Å². The fraction of sp³-hybridized carbons (Fsp3) is 0.462. The maximum absolute atomic E-state index is 11.9. The summed E-state index contributed by atoms with van der Waals surface area (Å²) in [5.41, 5.74) is 0.590. The second-order valence-electron chi connectivity index (χ2n) is 4.49. The molecule has 1 atom stereocenters. The van der Waals surface area contributed by atoms with Crippen LogP contribution in [0.2, 0.25) is 0 Å². The van der Waals surface area contributed by atoms with E-state index in [-0.39, 0.29) is 24.2 Å². The first kappa shape index (κ1) is 16.6. The second kappa shape index (κ2) is 7.35. The molecule has 1 amide bonds. The van der Waals surface area contributed by atoms with Gasteiger partial charge in [-0.15, -0.1) is 0 Å². The number of likely N-dealkylation sites (N-methyl/N-ethyl adjacent to an activating group) is 1. The monoisotopic (exact) mass is 343 g/mol. The lowest BCUT2D eigenvalue weighted by Gasteiger charge is -2.20. The summed E-state index contributed by atoms with van der Waals surface area (Å²) in [5, 5.41) is 14.0. The maximum atomic E-state index is 11.9. The van der Waals surface area contributed by atoms with E-state index in [1.54, 1.807) is 31.0 Å². The molecule has 0 radical (unpaired) electrons. The van der Waals surface area contributed by atoms with Crippen LogP contribution in [0.15, 0.2) is 22.7 Å². The van der Waals surface area contributed by atoms with Crippen LogP contribution in [-0.4, -0.2) is 35.4 Å². The summed E-state index contributed by atoms with van der Waals surface area (Å²) in [5.74, 6) is -0.0349. The minimum absolute atomic E-state index is 0.0349. The number of hydrogen-bond acceptors (Lipinski definition) is 4. The molecule has 0 saturated carbocycles. The zero-order valence-electron chi connectivity index (χ0n) is 11.7. The van der Waals surface area contributed by atoms with Gasteiger partial charge in [-0.1, -0.05) is 15.9 Å². The molecule has 1 rings (SSSR count). The molecule has 0 saturated heterocycles. The Labute approximate surface area is 126 Å².